The number of rotatable bonds is 5. The summed E-state index contributed by atoms with van der Waals surface area (Å²) in [7, 11) is 0. The van der Waals surface area contributed by atoms with Crippen LogP contribution in [0, 0.1) is 6.92 Å². The van der Waals surface area contributed by atoms with Crippen molar-refractivity contribution in [2.45, 2.75) is 39.2 Å². The van der Waals surface area contributed by atoms with Crippen molar-refractivity contribution in [3.8, 4) is 0 Å². The molecule has 2 aromatic carbocycles. The van der Waals surface area contributed by atoms with Crippen LogP contribution in [0.4, 0.5) is 0 Å². The van der Waals surface area contributed by atoms with Crippen molar-refractivity contribution in [3.63, 3.8) is 0 Å². The van der Waals surface area contributed by atoms with Gasteiger partial charge in [0, 0.05) is 6.04 Å². The lowest BCUT2D eigenvalue weighted by atomic mass is 9.96. The van der Waals surface area contributed by atoms with Crippen molar-refractivity contribution >= 4 is 0 Å². The maximum atomic E-state index is 6.34. The van der Waals surface area contributed by atoms with Crippen LogP contribution in [0.1, 0.15) is 41.6 Å². The lowest BCUT2D eigenvalue weighted by Crippen LogP contribution is -2.13. The van der Waals surface area contributed by atoms with Gasteiger partial charge >= 0.3 is 0 Å². The highest BCUT2D eigenvalue weighted by Crippen LogP contribution is 2.18. The van der Waals surface area contributed by atoms with E-state index in [1.54, 1.807) is 0 Å². The molecule has 2 N–H and O–H groups in total. The Labute approximate surface area is 116 Å². The Morgan fingerprint density at radius 1 is 1.00 bits per heavy atom. The monoisotopic (exact) mass is 253 g/mol. The molecule has 0 aliphatic heterocycles. The van der Waals surface area contributed by atoms with Gasteiger partial charge in [0.25, 0.3) is 0 Å². The fourth-order valence-electron chi connectivity index (χ4n) is 2.48. The second-order valence-electron chi connectivity index (χ2n) is 5.29. The maximum Gasteiger partial charge on any atom is 0.0335 e. The molecule has 2 aromatic rings. The molecule has 0 saturated heterocycles. The highest BCUT2D eigenvalue weighted by Gasteiger charge is 2.07. The number of benzene rings is 2. The molecule has 1 atom stereocenters. The van der Waals surface area contributed by atoms with Crippen molar-refractivity contribution in [2.75, 3.05) is 0 Å². The van der Waals surface area contributed by atoms with E-state index in [1.807, 2.05) is 0 Å². The van der Waals surface area contributed by atoms with E-state index in [1.165, 1.54) is 28.7 Å². The Morgan fingerprint density at radius 2 is 1.74 bits per heavy atom. The lowest BCUT2D eigenvalue weighted by Gasteiger charge is -2.14. The fourth-order valence-corrected chi connectivity index (χ4v) is 2.48. The summed E-state index contributed by atoms with van der Waals surface area (Å²) in [4.78, 5) is 0. The quantitative estimate of drug-likeness (QED) is 0.849. The van der Waals surface area contributed by atoms with Crippen LogP contribution >= 0.6 is 0 Å². The molecule has 0 amide bonds. The Hall–Kier alpha value is -1.60. The minimum atomic E-state index is 0.0820. The summed E-state index contributed by atoms with van der Waals surface area (Å²) in [6, 6.07) is 17.4. The molecular formula is C18H23N. The van der Waals surface area contributed by atoms with Crippen LogP contribution in [0.5, 0.6) is 0 Å². The third-order valence-corrected chi connectivity index (χ3v) is 3.46. The minimum absolute atomic E-state index is 0.0820. The molecule has 0 saturated carbocycles. The van der Waals surface area contributed by atoms with Crippen LogP contribution in [0.15, 0.2) is 48.5 Å². The smallest absolute Gasteiger partial charge is 0.0335 e. The number of nitrogens with two attached hydrogens (primary N) is 1. The van der Waals surface area contributed by atoms with E-state index in [0.29, 0.717) is 0 Å². The van der Waals surface area contributed by atoms with Crippen molar-refractivity contribution < 1.29 is 0 Å². The Bertz CT molecular complexity index is 531. The van der Waals surface area contributed by atoms with Crippen LogP contribution in [-0.2, 0) is 12.8 Å². The van der Waals surface area contributed by atoms with Crippen molar-refractivity contribution in [1.82, 2.24) is 0 Å². The van der Waals surface area contributed by atoms with Gasteiger partial charge in [0.15, 0.2) is 0 Å². The average molecular weight is 253 g/mol. The number of hydrogen-bond acceptors (Lipinski definition) is 1. The summed E-state index contributed by atoms with van der Waals surface area (Å²) in [6.07, 6.45) is 3.21. The van der Waals surface area contributed by atoms with Crippen LogP contribution in [0.2, 0.25) is 0 Å². The maximum absolute atomic E-state index is 6.34. The zero-order valence-electron chi connectivity index (χ0n) is 11.9. The van der Waals surface area contributed by atoms with Crippen molar-refractivity contribution in [3.05, 3.63) is 70.8 Å². The molecule has 1 unspecified atom stereocenters. The zero-order valence-corrected chi connectivity index (χ0v) is 11.9. The molecule has 0 spiro atoms. The van der Waals surface area contributed by atoms with Gasteiger partial charge in [0.1, 0.15) is 0 Å². The molecule has 0 aromatic heterocycles. The topological polar surface area (TPSA) is 26.0 Å². The van der Waals surface area contributed by atoms with E-state index in [-0.39, 0.29) is 6.04 Å². The summed E-state index contributed by atoms with van der Waals surface area (Å²) in [6.45, 7) is 4.33. The Balaban J connectivity index is 2.11. The fraction of sp³-hybridized carbons (Fsp3) is 0.333. The zero-order chi connectivity index (χ0) is 13.7. The van der Waals surface area contributed by atoms with Gasteiger partial charge in [0.05, 0.1) is 0 Å². The van der Waals surface area contributed by atoms with Gasteiger partial charge in [-0.3, -0.25) is 0 Å². The summed E-state index contributed by atoms with van der Waals surface area (Å²) < 4.78 is 0. The van der Waals surface area contributed by atoms with Crippen LogP contribution in [-0.4, -0.2) is 0 Å². The molecule has 1 nitrogen and oxygen atoms in total. The minimum Gasteiger partial charge on any atom is -0.324 e. The molecule has 0 radical (unpaired) electrons. The van der Waals surface area contributed by atoms with Crippen LogP contribution in [0.3, 0.4) is 0 Å². The van der Waals surface area contributed by atoms with E-state index in [9.17, 15) is 0 Å². The molecule has 1 heteroatoms. The lowest BCUT2D eigenvalue weighted by molar-refractivity contribution is 0.719. The molecule has 100 valence electrons. The second kappa shape index (κ2) is 6.53. The summed E-state index contributed by atoms with van der Waals surface area (Å²) in [5, 5.41) is 0. The number of aryl methyl sites for hydroxylation is 2. The molecule has 0 aliphatic carbocycles. The standard InChI is InChI=1S/C18H23N/c1-3-6-15-8-5-10-17(12-15)18(19)13-16-9-4-7-14(2)11-16/h4-5,7-12,18H,3,6,13,19H2,1-2H3. The van der Waals surface area contributed by atoms with E-state index >= 15 is 0 Å². The van der Waals surface area contributed by atoms with Gasteiger partial charge in [-0.15, -0.1) is 0 Å². The van der Waals surface area contributed by atoms with Crippen LogP contribution < -0.4 is 5.73 Å². The Kier molecular flexibility index (Phi) is 4.75. The predicted octanol–water partition coefficient (Wildman–Crippen LogP) is 4.19. The predicted molar refractivity (Wildman–Crippen MR) is 82.2 cm³/mol. The van der Waals surface area contributed by atoms with E-state index < -0.39 is 0 Å². The third-order valence-electron chi connectivity index (χ3n) is 3.46. The third kappa shape index (κ3) is 3.93. The van der Waals surface area contributed by atoms with Gasteiger partial charge in [-0.25, -0.2) is 0 Å². The summed E-state index contributed by atoms with van der Waals surface area (Å²) >= 11 is 0. The largest absolute Gasteiger partial charge is 0.324 e. The highest BCUT2D eigenvalue weighted by molar-refractivity contribution is 5.29. The first-order valence-electron chi connectivity index (χ1n) is 7.09. The normalized spacial score (nSPS) is 12.4. The summed E-state index contributed by atoms with van der Waals surface area (Å²) in [5.74, 6) is 0. The number of hydrogen-bond donors (Lipinski definition) is 1. The Morgan fingerprint density at radius 3 is 2.47 bits per heavy atom. The average Bonchev–Trinajstić information content (AvgIpc) is 2.39. The van der Waals surface area contributed by atoms with E-state index in [0.717, 1.165) is 12.8 Å². The van der Waals surface area contributed by atoms with Gasteiger partial charge in [0.2, 0.25) is 0 Å². The van der Waals surface area contributed by atoms with Crippen molar-refractivity contribution in [2.24, 2.45) is 5.73 Å². The first-order valence-corrected chi connectivity index (χ1v) is 7.09. The van der Waals surface area contributed by atoms with Gasteiger partial charge < -0.3 is 5.73 Å². The SMILES string of the molecule is CCCc1cccc(C(N)Cc2cccc(C)c2)c1. The van der Waals surface area contributed by atoms with E-state index in [2.05, 4.69) is 62.4 Å². The molecule has 0 heterocycles. The first-order chi connectivity index (χ1) is 9.19. The van der Waals surface area contributed by atoms with Gasteiger partial charge in [-0.05, 0) is 36.5 Å². The van der Waals surface area contributed by atoms with E-state index in [4.69, 9.17) is 5.73 Å². The van der Waals surface area contributed by atoms with Gasteiger partial charge in [-0.2, -0.15) is 0 Å². The molecule has 0 aliphatic rings. The molecule has 0 bridgehead atoms. The second-order valence-corrected chi connectivity index (χ2v) is 5.29. The van der Waals surface area contributed by atoms with Crippen molar-refractivity contribution in [1.29, 1.82) is 0 Å². The molecule has 19 heavy (non-hydrogen) atoms. The molecule has 2 rings (SSSR count). The van der Waals surface area contributed by atoms with Crippen LogP contribution in [0.25, 0.3) is 0 Å². The summed E-state index contributed by atoms with van der Waals surface area (Å²) in [5.41, 5.74) is 11.6. The first kappa shape index (κ1) is 13.8. The van der Waals surface area contributed by atoms with Gasteiger partial charge in [-0.1, -0.05) is 67.4 Å². The molecule has 0 fully saturated rings. The molecular weight excluding hydrogens is 230 g/mol. The highest BCUT2D eigenvalue weighted by atomic mass is 14.6.